The molecule has 4 heteroatoms. The van der Waals surface area contributed by atoms with Crippen molar-refractivity contribution in [3.63, 3.8) is 0 Å². The SMILES string of the molecule is OCCSc1ccc(Cc2ccc(SCCO)cc2)cc1. The molecule has 0 aromatic heterocycles. The minimum Gasteiger partial charge on any atom is -0.396 e. The van der Waals surface area contributed by atoms with E-state index in [1.165, 1.54) is 20.9 Å². The highest BCUT2D eigenvalue weighted by Gasteiger charge is 1.99. The van der Waals surface area contributed by atoms with Gasteiger partial charge in [0.2, 0.25) is 0 Å². The van der Waals surface area contributed by atoms with E-state index in [1.807, 2.05) is 0 Å². The van der Waals surface area contributed by atoms with Gasteiger partial charge < -0.3 is 10.2 Å². The minimum absolute atomic E-state index is 0.215. The molecule has 0 heterocycles. The van der Waals surface area contributed by atoms with Gasteiger partial charge in [-0.1, -0.05) is 24.3 Å². The molecule has 0 bridgehead atoms. The van der Waals surface area contributed by atoms with E-state index >= 15 is 0 Å². The van der Waals surface area contributed by atoms with Crippen molar-refractivity contribution in [3.8, 4) is 0 Å². The number of aliphatic hydroxyl groups excluding tert-OH is 2. The molecule has 112 valence electrons. The molecule has 2 aromatic carbocycles. The molecule has 0 aliphatic heterocycles. The van der Waals surface area contributed by atoms with E-state index in [4.69, 9.17) is 10.2 Å². The second-order valence-corrected chi connectivity index (χ2v) is 6.95. The Bertz CT molecular complexity index is 474. The molecular weight excluding hydrogens is 300 g/mol. The molecule has 21 heavy (non-hydrogen) atoms. The smallest absolute Gasteiger partial charge is 0.0525 e. The van der Waals surface area contributed by atoms with Crippen molar-refractivity contribution in [1.29, 1.82) is 0 Å². The highest BCUT2D eigenvalue weighted by molar-refractivity contribution is 7.99. The number of rotatable bonds is 8. The van der Waals surface area contributed by atoms with Gasteiger partial charge in [0.15, 0.2) is 0 Å². The van der Waals surface area contributed by atoms with Crippen LogP contribution in [-0.2, 0) is 6.42 Å². The summed E-state index contributed by atoms with van der Waals surface area (Å²) in [6.07, 6.45) is 0.926. The summed E-state index contributed by atoms with van der Waals surface area (Å²) in [5, 5.41) is 17.6. The summed E-state index contributed by atoms with van der Waals surface area (Å²) in [6, 6.07) is 17.0. The number of hydrogen-bond acceptors (Lipinski definition) is 4. The summed E-state index contributed by atoms with van der Waals surface area (Å²) < 4.78 is 0. The van der Waals surface area contributed by atoms with Crippen LogP contribution in [-0.4, -0.2) is 34.9 Å². The zero-order valence-electron chi connectivity index (χ0n) is 11.9. The summed E-state index contributed by atoms with van der Waals surface area (Å²) in [7, 11) is 0. The number of aliphatic hydroxyl groups is 2. The van der Waals surface area contributed by atoms with Crippen molar-refractivity contribution in [2.45, 2.75) is 16.2 Å². The summed E-state index contributed by atoms with van der Waals surface area (Å²) >= 11 is 3.34. The third kappa shape index (κ3) is 5.75. The Kier molecular flexibility index (Phi) is 7.16. The Balaban J connectivity index is 1.91. The molecular formula is C17H20O2S2. The predicted molar refractivity (Wildman–Crippen MR) is 91.3 cm³/mol. The molecule has 2 aromatic rings. The maximum absolute atomic E-state index is 8.82. The Morgan fingerprint density at radius 2 is 1.00 bits per heavy atom. The lowest BCUT2D eigenvalue weighted by Gasteiger charge is -2.05. The molecule has 0 aliphatic carbocycles. The molecule has 0 saturated heterocycles. The van der Waals surface area contributed by atoms with Crippen LogP contribution in [0, 0.1) is 0 Å². The van der Waals surface area contributed by atoms with Crippen LogP contribution in [0.1, 0.15) is 11.1 Å². The van der Waals surface area contributed by atoms with Crippen molar-refractivity contribution in [1.82, 2.24) is 0 Å². The minimum atomic E-state index is 0.215. The maximum Gasteiger partial charge on any atom is 0.0525 e. The van der Waals surface area contributed by atoms with Gasteiger partial charge in [-0.3, -0.25) is 0 Å². The van der Waals surface area contributed by atoms with Crippen LogP contribution in [0.5, 0.6) is 0 Å². The van der Waals surface area contributed by atoms with Crippen molar-refractivity contribution in [2.75, 3.05) is 24.7 Å². The van der Waals surface area contributed by atoms with Crippen molar-refractivity contribution >= 4 is 23.5 Å². The van der Waals surface area contributed by atoms with Gasteiger partial charge in [0, 0.05) is 21.3 Å². The molecule has 0 fully saturated rings. The third-order valence-electron chi connectivity index (χ3n) is 2.97. The molecule has 0 atom stereocenters. The van der Waals surface area contributed by atoms with E-state index in [0.717, 1.165) is 17.9 Å². The van der Waals surface area contributed by atoms with Crippen LogP contribution in [0.25, 0.3) is 0 Å². The number of hydrogen-bond donors (Lipinski definition) is 2. The fraction of sp³-hybridized carbons (Fsp3) is 0.294. The van der Waals surface area contributed by atoms with Gasteiger partial charge in [0.05, 0.1) is 13.2 Å². The van der Waals surface area contributed by atoms with Crippen LogP contribution in [0.2, 0.25) is 0 Å². The van der Waals surface area contributed by atoms with Gasteiger partial charge in [-0.25, -0.2) is 0 Å². The number of benzene rings is 2. The van der Waals surface area contributed by atoms with Gasteiger partial charge in [0.25, 0.3) is 0 Å². The fourth-order valence-electron chi connectivity index (χ4n) is 1.97. The lowest BCUT2D eigenvalue weighted by atomic mass is 10.1. The van der Waals surface area contributed by atoms with E-state index in [1.54, 1.807) is 23.5 Å². The normalized spacial score (nSPS) is 10.8. The van der Waals surface area contributed by atoms with Gasteiger partial charge in [-0.2, -0.15) is 0 Å². The molecule has 0 unspecified atom stereocenters. The molecule has 0 radical (unpaired) electrons. The van der Waals surface area contributed by atoms with Gasteiger partial charge in [0.1, 0.15) is 0 Å². The van der Waals surface area contributed by atoms with Gasteiger partial charge in [-0.15, -0.1) is 23.5 Å². The molecule has 0 aliphatic rings. The van der Waals surface area contributed by atoms with Crippen molar-refractivity contribution in [3.05, 3.63) is 59.7 Å². The van der Waals surface area contributed by atoms with E-state index in [-0.39, 0.29) is 13.2 Å². The Morgan fingerprint density at radius 1 is 0.619 bits per heavy atom. The molecule has 0 amide bonds. The van der Waals surface area contributed by atoms with Gasteiger partial charge in [-0.05, 0) is 41.8 Å². The highest BCUT2D eigenvalue weighted by atomic mass is 32.2. The maximum atomic E-state index is 8.82. The summed E-state index contributed by atoms with van der Waals surface area (Å²) in [4.78, 5) is 2.40. The first kappa shape index (κ1) is 16.4. The van der Waals surface area contributed by atoms with Crippen LogP contribution >= 0.6 is 23.5 Å². The number of thioether (sulfide) groups is 2. The Morgan fingerprint density at radius 3 is 1.33 bits per heavy atom. The molecule has 0 saturated carbocycles. The van der Waals surface area contributed by atoms with Crippen LogP contribution < -0.4 is 0 Å². The second kappa shape index (κ2) is 9.15. The van der Waals surface area contributed by atoms with Crippen LogP contribution in [0.3, 0.4) is 0 Å². The quantitative estimate of drug-likeness (QED) is 0.731. The molecule has 2 N–H and O–H groups in total. The second-order valence-electron chi connectivity index (χ2n) is 4.61. The van der Waals surface area contributed by atoms with E-state index in [9.17, 15) is 0 Å². The van der Waals surface area contributed by atoms with Crippen molar-refractivity contribution < 1.29 is 10.2 Å². The van der Waals surface area contributed by atoms with Crippen LogP contribution in [0.4, 0.5) is 0 Å². The average molecular weight is 320 g/mol. The third-order valence-corrected chi connectivity index (χ3v) is 4.96. The zero-order valence-corrected chi connectivity index (χ0v) is 13.5. The van der Waals surface area contributed by atoms with E-state index in [0.29, 0.717) is 0 Å². The lowest BCUT2D eigenvalue weighted by Crippen LogP contribution is -1.90. The molecule has 2 rings (SSSR count). The molecule has 0 spiro atoms. The first-order valence-corrected chi connectivity index (χ1v) is 8.94. The monoisotopic (exact) mass is 320 g/mol. The first-order valence-electron chi connectivity index (χ1n) is 6.97. The van der Waals surface area contributed by atoms with Gasteiger partial charge >= 0.3 is 0 Å². The van der Waals surface area contributed by atoms with E-state index in [2.05, 4.69) is 48.5 Å². The standard InChI is InChI=1S/C17H20O2S2/c18-9-11-20-16-5-1-14(2-6-16)13-15-3-7-17(8-4-15)21-12-10-19/h1-8,18-19H,9-13H2. The summed E-state index contributed by atoms with van der Waals surface area (Å²) in [5.41, 5.74) is 2.58. The Labute approximate surface area is 134 Å². The first-order chi connectivity index (χ1) is 10.3. The largest absolute Gasteiger partial charge is 0.396 e. The highest BCUT2D eigenvalue weighted by Crippen LogP contribution is 2.21. The van der Waals surface area contributed by atoms with Crippen molar-refractivity contribution in [2.24, 2.45) is 0 Å². The van der Waals surface area contributed by atoms with E-state index < -0.39 is 0 Å². The summed E-state index contributed by atoms with van der Waals surface area (Å²) in [5.74, 6) is 1.48. The average Bonchev–Trinajstić information content (AvgIpc) is 2.53. The fourth-order valence-corrected chi connectivity index (χ4v) is 3.28. The Hall–Kier alpha value is -0.940. The summed E-state index contributed by atoms with van der Waals surface area (Å²) in [6.45, 7) is 0.431. The zero-order chi connectivity index (χ0) is 14.9. The molecule has 2 nitrogen and oxygen atoms in total. The van der Waals surface area contributed by atoms with Crippen LogP contribution in [0.15, 0.2) is 58.3 Å². The topological polar surface area (TPSA) is 40.5 Å². The lowest BCUT2D eigenvalue weighted by molar-refractivity contribution is 0.322. The predicted octanol–water partition coefficient (Wildman–Crippen LogP) is 3.45.